The average Bonchev–Trinajstić information content (AvgIpc) is 2.02. The second kappa shape index (κ2) is 3.98. The van der Waals surface area contributed by atoms with Gasteiger partial charge in [0.05, 0.1) is 0 Å². The van der Waals surface area contributed by atoms with Crippen LogP contribution in [0.2, 0.25) is 0 Å². The zero-order valence-corrected chi connectivity index (χ0v) is 8.84. The Morgan fingerprint density at radius 1 is 1.43 bits per heavy atom. The van der Waals surface area contributed by atoms with Gasteiger partial charge in [0.2, 0.25) is 0 Å². The number of alkyl halides is 1. The Bertz CT molecular complexity index is 327. The minimum atomic E-state index is -0.894. The number of carbonyl (C=O) groups excluding carboxylic acids is 1. The number of rotatable bonds is 2. The molecule has 1 aromatic rings. The lowest BCUT2D eigenvalue weighted by molar-refractivity contribution is -0.131. The molecule has 1 atom stereocenters. The van der Waals surface area contributed by atoms with Crippen LogP contribution in [0.15, 0.2) is 24.3 Å². The lowest BCUT2D eigenvalue weighted by Gasteiger charge is -2.16. The summed E-state index contributed by atoms with van der Waals surface area (Å²) in [5, 5.41) is 0. The molecule has 0 saturated heterocycles. The fraction of sp³-hybridized carbons (Fsp3) is 0.300. The summed E-state index contributed by atoms with van der Waals surface area (Å²) in [5.41, 5.74) is 6.44. The van der Waals surface area contributed by atoms with Crippen LogP contribution in [0.3, 0.4) is 0 Å². The Morgan fingerprint density at radius 2 is 1.93 bits per heavy atom. The molecule has 0 aliphatic heterocycles. The molecular formula is C10H12ClNO2. The molecule has 0 fully saturated rings. The van der Waals surface area contributed by atoms with E-state index in [0.717, 1.165) is 5.56 Å². The van der Waals surface area contributed by atoms with Gasteiger partial charge in [-0.05, 0) is 24.6 Å². The van der Waals surface area contributed by atoms with E-state index in [1.165, 1.54) is 6.92 Å². The van der Waals surface area contributed by atoms with Gasteiger partial charge in [0.25, 0.3) is 0 Å². The zero-order chi connectivity index (χ0) is 10.8. The first kappa shape index (κ1) is 11.0. The topological polar surface area (TPSA) is 52.3 Å². The maximum atomic E-state index is 10.6. The van der Waals surface area contributed by atoms with Crippen LogP contribution in [0.25, 0.3) is 0 Å². The van der Waals surface area contributed by atoms with Crippen molar-refractivity contribution in [2.24, 2.45) is 5.73 Å². The van der Waals surface area contributed by atoms with E-state index in [2.05, 4.69) is 0 Å². The van der Waals surface area contributed by atoms with Crippen molar-refractivity contribution in [3.8, 4) is 5.75 Å². The largest absolute Gasteiger partial charge is 0.427 e. The van der Waals surface area contributed by atoms with Gasteiger partial charge in [0.1, 0.15) is 10.7 Å². The predicted octanol–water partition coefficient (Wildman–Crippen LogP) is 1.98. The Labute approximate surface area is 87.8 Å². The quantitative estimate of drug-likeness (QED) is 0.354. The number of nitrogens with two attached hydrogens (primary N) is 1. The first-order chi connectivity index (χ1) is 6.39. The van der Waals surface area contributed by atoms with Crippen molar-refractivity contribution >= 4 is 17.6 Å². The minimum Gasteiger partial charge on any atom is -0.427 e. The van der Waals surface area contributed by atoms with Crippen molar-refractivity contribution in [3.05, 3.63) is 29.8 Å². The van der Waals surface area contributed by atoms with Crippen LogP contribution in [0.1, 0.15) is 19.4 Å². The monoisotopic (exact) mass is 213 g/mol. The van der Waals surface area contributed by atoms with Crippen LogP contribution in [0.5, 0.6) is 5.75 Å². The fourth-order valence-corrected chi connectivity index (χ4v) is 1.14. The van der Waals surface area contributed by atoms with Crippen molar-refractivity contribution in [3.63, 3.8) is 0 Å². The van der Waals surface area contributed by atoms with E-state index in [4.69, 9.17) is 22.1 Å². The summed E-state index contributed by atoms with van der Waals surface area (Å²) in [6, 6.07) is 6.77. The highest BCUT2D eigenvalue weighted by molar-refractivity contribution is 6.23. The highest BCUT2D eigenvalue weighted by atomic mass is 35.5. The smallest absolute Gasteiger partial charge is 0.308 e. The highest BCUT2D eigenvalue weighted by Gasteiger charge is 2.16. The SMILES string of the molecule is CC(=O)Oc1ccc(C(C)(N)Cl)cc1. The van der Waals surface area contributed by atoms with Crippen LogP contribution < -0.4 is 10.5 Å². The molecule has 0 aliphatic carbocycles. The van der Waals surface area contributed by atoms with E-state index in [0.29, 0.717) is 5.75 Å². The first-order valence-electron chi connectivity index (χ1n) is 4.16. The number of carbonyl (C=O) groups is 1. The van der Waals surface area contributed by atoms with E-state index in [9.17, 15) is 4.79 Å². The van der Waals surface area contributed by atoms with Gasteiger partial charge in [-0.25, -0.2) is 0 Å². The first-order valence-corrected chi connectivity index (χ1v) is 4.54. The number of esters is 1. The van der Waals surface area contributed by atoms with Gasteiger partial charge in [-0.2, -0.15) is 0 Å². The predicted molar refractivity (Wildman–Crippen MR) is 55.1 cm³/mol. The number of halogens is 1. The third-order valence-corrected chi connectivity index (χ3v) is 1.90. The van der Waals surface area contributed by atoms with E-state index < -0.39 is 5.00 Å². The van der Waals surface area contributed by atoms with E-state index in [-0.39, 0.29) is 5.97 Å². The Kier molecular flexibility index (Phi) is 3.13. The van der Waals surface area contributed by atoms with Gasteiger partial charge in [0, 0.05) is 6.92 Å². The molecule has 0 saturated carbocycles. The number of hydrogen-bond donors (Lipinski definition) is 1. The summed E-state index contributed by atoms with van der Waals surface area (Å²) in [5.74, 6) is 0.140. The molecule has 0 aliphatic rings. The lowest BCUT2D eigenvalue weighted by Crippen LogP contribution is -2.25. The van der Waals surface area contributed by atoms with Gasteiger partial charge in [-0.1, -0.05) is 23.7 Å². The molecule has 4 heteroatoms. The van der Waals surface area contributed by atoms with Crippen molar-refractivity contribution in [2.75, 3.05) is 0 Å². The van der Waals surface area contributed by atoms with Gasteiger partial charge in [-0.15, -0.1) is 0 Å². The summed E-state index contributed by atoms with van der Waals surface area (Å²) >= 11 is 5.89. The normalized spacial score (nSPS) is 14.6. The van der Waals surface area contributed by atoms with E-state index >= 15 is 0 Å². The summed E-state index contributed by atoms with van der Waals surface area (Å²) in [6.45, 7) is 3.04. The standard InChI is InChI=1S/C10H12ClNO2/c1-7(13)14-9-5-3-8(4-6-9)10(2,11)12/h3-6H,12H2,1-2H3. The molecule has 2 N–H and O–H groups in total. The van der Waals surface area contributed by atoms with Crippen molar-refractivity contribution < 1.29 is 9.53 Å². The summed E-state index contributed by atoms with van der Waals surface area (Å²) in [7, 11) is 0. The van der Waals surface area contributed by atoms with Crippen molar-refractivity contribution in [1.82, 2.24) is 0 Å². The Hall–Kier alpha value is -1.06. The van der Waals surface area contributed by atoms with Crippen LogP contribution in [0, 0.1) is 0 Å². The van der Waals surface area contributed by atoms with Crippen LogP contribution in [-0.2, 0) is 9.79 Å². The second-order valence-electron chi connectivity index (χ2n) is 3.19. The van der Waals surface area contributed by atoms with Gasteiger partial charge in [-0.3, -0.25) is 4.79 Å². The van der Waals surface area contributed by atoms with Crippen LogP contribution in [0.4, 0.5) is 0 Å². The highest BCUT2D eigenvalue weighted by Crippen LogP contribution is 2.24. The molecule has 0 bridgehead atoms. The zero-order valence-electron chi connectivity index (χ0n) is 8.08. The third-order valence-electron chi connectivity index (χ3n) is 1.68. The van der Waals surface area contributed by atoms with E-state index in [1.54, 1.807) is 31.2 Å². The molecule has 14 heavy (non-hydrogen) atoms. The maximum Gasteiger partial charge on any atom is 0.308 e. The molecular weight excluding hydrogens is 202 g/mol. The average molecular weight is 214 g/mol. The van der Waals surface area contributed by atoms with Crippen molar-refractivity contribution in [1.29, 1.82) is 0 Å². The molecule has 1 aromatic carbocycles. The fourth-order valence-electron chi connectivity index (χ4n) is 1.01. The number of hydrogen-bond acceptors (Lipinski definition) is 3. The molecule has 0 amide bonds. The maximum absolute atomic E-state index is 10.6. The molecule has 0 radical (unpaired) electrons. The van der Waals surface area contributed by atoms with Crippen molar-refractivity contribution in [2.45, 2.75) is 18.8 Å². The third kappa shape index (κ3) is 3.01. The lowest BCUT2D eigenvalue weighted by atomic mass is 10.1. The molecule has 0 heterocycles. The second-order valence-corrected chi connectivity index (χ2v) is 3.98. The van der Waals surface area contributed by atoms with Crippen LogP contribution >= 0.6 is 11.6 Å². The molecule has 3 nitrogen and oxygen atoms in total. The molecule has 1 rings (SSSR count). The molecule has 0 aromatic heterocycles. The van der Waals surface area contributed by atoms with E-state index in [1.807, 2.05) is 0 Å². The molecule has 0 spiro atoms. The van der Waals surface area contributed by atoms with Gasteiger partial charge in [0.15, 0.2) is 0 Å². The van der Waals surface area contributed by atoms with Gasteiger partial charge < -0.3 is 10.5 Å². The molecule has 76 valence electrons. The summed E-state index contributed by atoms with van der Waals surface area (Å²) < 4.78 is 4.86. The van der Waals surface area contributed by atoms with Gasteiger partial charge >= 0.3 is 5.97 Å². The van der Waals surface area contributed by atoms with Crippen LogP contribution in [-0.4, -0.2) is 5.97 Å². The molecule has 1 unspecified atom stereocenters. The summed E-state index contributed by atoms with van der Waals surface area (Å²) in [4.78, 5) is 9.73. The summed E-state index contributed by atoms with van der Waals surface area (Å²) in [6.07, 6.45) is 0. The minimum absolute atomic E-state index is 0.348. The number of benzene rings is 1. The number of ether oxygens (including phenoxy) is 1. The Morgan fingerprint density at radius 3 is 2.29 bits per heavy atom. The Balaban J connectivity index is 2.84.